The number of nitrogens with one attached hydrogen (secondary N) is 1. The van der Waals surface area contributed by atoms with Crippen LogP contribution in [0.2, 0.25) is 0 Å². The maximum atomic E-state index is 11.4. The van der Waals surface area contributed by atoms with Crippen molar-refractivity contribution in [2.45, 2.75) is 0 Å². The Hall–Kier alpha value is -1.35. The minimum atomic E-state index is -0.0331. The lowest BCUT2D eigenvalue weighted by molar-refractivity contribution is 0.0935. The van der Waals surface area contributed by atoms with E-state index in [0.717, 1.165) is 0 Å². The van der Waals surface area contributed by atoms with Crippen molar-refractivity contribution in [2.24, 2.45) is 0 Å². The van der Waals surface area contributed by atoms with Crippen LogP contribution in [0.1, 0.15) is 10.4 Å². The van der Waals surface area contributed by atoms with E-state index in [4.69, 9.17) is 0 Å². The smallest absolute Gasteiger partial charge is 0.252 e. The molecule has 1 aromatic rings. The third-order valence-electron chi connectivity index (χ3n) is 1.59. The first-order valence-corrected chi connectivity index (χ1v) is 4.18. The summed E-state index contributed by atoms with van der Waals surface area (Å²) in [5.74, 6) is -0.0331. The molecule has 0 radical (unpaired) electrons. The molecule has 0 saturated carbocycles. The largest absolute Gasteiger partial charge is 0.339 e. The first-order valence-electron chi connectivity index (χ1n) is 4.18. The third-order valence-corrected chi connectivity index (χ3v) is 1.59. The number of hydrogen-bond acceptors (Lipinski definition) is 2. The monoisotopic (exact) mass is 178 g/mol. The summed E-state index contributed by atoms with van der Waals surface area (Å²) in [6.07, 6.45) is 0. The lowest BCUT2D eigenvalue weighted by Gasteiger charge is -2.10. The number of rotatable bonds is 3. The van der Waals surface area contributed by atoms with Gasteiger partial charge in [0.05, 0.1) is 6.67 Å². The van der Waals surface area contributed by atoms with Crippen molar-refractivity contribution in [1.82, 2.24) is 10.2 Å². The van der Waals surface area contributed by atoms with Crippen LogP contribution in [0.5, 0.6) is 0 Å². The van der Waals surface area contributed by atoms with E-state index >= 15 is 0 Å². The van der Waals surface area contributed by atoms with Gasteiger partial charge in [0.25, 0.3) is 5.91 Å². The fourth-order valence-electron chi connectivity index (χ4n) is 0.922. The van der Waals surface area contributed by atoms with Gasteiger partial charge in [0.2, 0.25) is 0 Å². The van der Waals surface area contributed by atoms with Crippen molar-refractivity contribution < 1.29 is 4.79 Å². The predicted octanol–water partition coefficient (Wildman–Crippen LogP) is 0.935. The summed E-state index contributed by atoms with van der Waals surface area (Å²) in [5, 5.41) is 2.79. The number of carbonyl (C=O) groups excluding carboxylic acids is 1. The van der Waals surface area contributed by atoms with Crippen molar-refractivity contribution in [2.75, 3.05) is 20.8 Å². The molecular weight excluding hydrogens is 164 g/mol. The molecule has 0 atom stereocenters. The molecule has 0 spiro atoms. The fraction of sp³-hybridized carbons (Fsp3) is 0.300. The van der Waals surface area contributed by atoms with E-state index in [0.29, 0.717) is 12.2 Å². The Balaban J connectivity index is 2.50. The summed E-state index contributed by atoms with van der Waals surface area (Å²) >= 11 is 0. The summed E-state index contributed by atoms with van der Waals surface area (Å²) in [6, 6.07) is 9.19. The Labute approximate surface area is 78.4 Å². The SMILES string of the molecule is CN(C)CNC(=O)c1ccccc1. The minimum Gasteiger partial charge on any atom is -0.339 e. The molecule has 1 aromatic carbocycles. The summed E-state index contributed by atoms with van der Waals surface area (Å²) in [6.45, 7) is 0.563. The molecule has 0 unspecified atom stereocenters. The lowest BCUT2D eigenvalue weighted by atomic mass is 10.2. The van der Waals surface area contributed by atoms with Gasteiger partial charge < -0.3 is 5.32 Å². The lowest BCUT2D eigenvalue weighted by Crippen LogP contribution is -2.32. The van der Waals surface area contributed by atoms with E-state index in [1.54, 1.807) is 12.1 Å². The van der Waals surface area contributed by atoms with Gasteiger partial charge in [-0.2, -0.15) is 0 Å². The van der Waals surface area contributed by atoms with Gasteiger partial charge in [-0.3, -0.25) is 9.69 Å². The van der Waals surface area contributed by atoms with Crippen molar-refractivity contribution in [3.05, 3.63) is 35.9 Å². The maximum absolute atomic E-state index is 11.4. The Morgan fingerprint density at radius 1 is 1.31 bits per heavy atom. The van der Waals surface area contributed by atoms with Crippen LogP contribution < -0.4 is 5.32 Å². The van der Waals surface area contributed by atoms with E-state index in [1.165, 1.54) is 0 Å². The molecule has 13 heavy (non-hydrogen) atoms. The van der Waals surface area contributed by atoms with Gasteiger partial charge in [-0.25, -0.2) is 0 Å². The van der Waals surface area contributed by atoms with Gasteiger partial charge in [-0.15, -0.1) is 0 Å². The summed E-state index contributed by atoms with van der Waals surface area (Å²) in [7, 11) is 3.82. The number of amides is 1. The first-order chi connectivity index (χ1) is 6.20. The molecular formula is C10H14N2O. The minimum absolute atomic E-state index is 0.0331. The highest BCUT2D eigenvalue weighted by molar-refractivity contribution is 5.94. The van der Waals surface area contributed by atoms with Crippen LogP contribution >= 0.6 is 0 Å². The molecule has 0 aliphatic carbocycles. The van der Waals surface area contributed by atoms with E-state index in [2.05, 4.69) is 5.32 Å². The summed E-state index contributed by atoms with van der Waals surface area (Å²) in [4.78, 5) is 13.3. The zero-order valence-corrected chi connectivity index (χ0v) is 7.95. The fourth-order valence-corrected chi connectivity index (χ4v) is 0.922. The van der Waals surface area contributed by atoms with Crippen molar-refractivity contribution in [3.63, 3.8) is 0 Å². The molecule has 1 rings (SSSR count). The summed E-state index contributed by atoms with van der Waals surface area (Å²) < 4.78 is 0. The standard InChI is InChI=1S/C10H14N2O/c1-12(2)8-11-10(13)9-6-4-3-5-7-9/h3-7H,8H2,1-2H3,(H,11,13). The average Bonchev–Trinajstić information content (AvgIpc) is 2.15. The molecule has 0 bridgehead atoms. The van der Waals surface area contributed by atoms with Crippen LogP contribution in [0.4, 0.5) is 0 Å². The Kier molecular flexibility index (Phi) is 3.46. The predicted molar refractivity (Wildman–Crippen MR) is 52.5 cm³/mol. The molecule has 0 heterocycles. The van der Waals surface area contributed by atoms with Crippen LogP contribution in [0.3, 0.4) is 0 Å². The molecule has 0 saturated heterocycles. The molecule has 0 aromatic heterocycles. The molecule has 1 N–H and O–H groups in total. The molecule has 0 aliphatic heterocycles. The second kappa shape index (κ2) is 4.62. The van der Waals surface area contributed by atoms with Crippen LogP contribution in [-0.2, 0) is 0 Å². The van der Waals surface area contributed by atoms with Crippen molar-refractivity contribution >= 4 is 5.91 Å². The number of benzene rings is 1. The molecule has 0 fully saturated rings. The average molecular weight is 178 g/mol. The van der Waals surface area contributed by atoms with Crippen LogP contribution in [0.15, 0.2) is 30.3 Å². The topological polar surface area (TPSA) is 32.3 Å². The zero-order chi connectivity index (χ0) is 9.68. The molecule has 70 valence electrons. The van der Waals surface area contributed by atoms with Gasteiger partial charge in [0.1, 0.15) is 0 Å². The van der Waals surface area contributed by atoms with Gasteiger partial charge in [0, 0.05) is 5.56 Å². The maximum Gasteiger partial charge on any atom is 0.252 e. The normalized spacial score (nSPS) is 10.1. The molecule has 3 nitrogen and oxygen atoms in total. The Morgan fingerprint density at radius 2 is 1.92 bits per heavy atom. The second-order valence-corrected chi connectivity index (χ2v) is 3.11. The van der Waals surface area contributed by atoms with Gasteiger partial charge in [-0.1, -0.05) is 18.2 Å². The third kappa shape index (κ3) is 3.25. The Bertz CT molecular complexity index is 270. The zero-order valence-electron chi connectivity index (χ0n) is 7.95. The quantitative estimate of drug-likeness (QED) is 0.698. The summed E-state index contributed by atoms with van der Waals surface area (Å²) in [5.41, 5.74) is 0.698. The Morgan fingerprint density at radius 3 is 2.46 bits per heavy atom. The highest BCUT2D eigenvalue weighted by atomic mass is 16.1. The first kappa shape index (κ1) is 9.74. The van der Waals surface area contributed by atoms with Crippen molar-refractivity contribution in [1.29, 1.82) is 0 Å². The van der Waals surface area contributed by atoms with Crippen LogP contribution in [-0.4, -0.2) is 31.6 Å². The second-order valence-electron chi connectivity index (χ2n) is 3.11. The van der Waals surface area contributed by atoms with E-state index < -0.39 is 0 Å². The van der Waals surface area contributed by atoms with E-state index in [-0.39, 0.29) is 5.91 Å². The highest BCUT2D eigenvalue weighted by Crippen LogP contribution is 1.97. The molecule has 1 amide bonds. The molecule has 0 aliphatic rings. The van der Waals surface area contributed by atoms with Gasteiger partial charge in [0.15, 0.2) is 0 Å². The molecule has 3 heteroatoms. The number of carbonyl (C=O) groups is 1. The van der Waals surface area contributed by atoms with E-state index in [9.17, 15) is 4.79 Å². The van der Waals surface area contributed by atoms with Gasteiger partial charge in [-0.05, 0) is 26.2 Å². The van der Waals surface area contributed by atoms with Crippen LogP contribution in [0, 0.1) is 0 Å². The van der Waals surface area contributed by atoms with Gasteiger partial charge >= 0.3 is 0 Å². The van der Waals surface area contributed by atoms with E-state index in [1.807, 2.05) is 37.2 Å². The number of hydrogen-bond donors (Lipinski definition) is 1. The van der Waals surface area contributed by atoms with Crippen molar-refractivity contribution in [3.8, 4) is 0 Å². The van der Waals surface area contributed by atoms with Crippen LogP contribution in [0.25, 0.3) is 0 Å². The number of nitrogens with zero attached hydrogens (tertiary/aromatic N) is 1. The highest BCUT2D eigenvalue weighted by Gasteiger charge is 2.02.